The lowest BCUT2D eigenvalue weighted by Crippen LogP contribution is -2.47. The van der Waals surface area contributed by atoms with Gasteiger partial charge < -0.3 is 16.1 Å². The van der Waals surface area contributed by atoms with E-state index in [1.165, 1.54) is 6.08 Å². The number of alkyl halides is 3. The number of nitrogens with two attached hydrogens (primary N) is 1. The zero-order chi connectivity index (χ0) is 31.4. The van der Waals surface area contributed by atoms with Crippen molar-refractivity contribution in [3.05, 3.63) is 76.9 Å². The van der Waals surface area contributed by atoms with E-state index in [2.05, 4.69) is 15.4 Å². The number of rotatable bonds is 13. The van der Waals surface area contributed by atoms with E-state index in [9.17, 15) is 22.8 Å². The summed E-state index contributed by atoms with van der Waals surface area (Å²) in [7, 11) is 5.19. The average Bonchev–Trinajstić information content (AvgIpc) is 2.97. The molecule has 1 atom stereocenters. The van der Waals surface area contributed by atoms with Crippen molar-refractivity contribution in [1.29, 1.82) is 0 Å². The normalized spacial score (nSPS) is 16.7. The van der Waals surface area contributed by atoms with Crippen LogP contribution in [0, 0.1) is 0 Å². The first-order valence-electron chi connectivity index (χ1n) is 14.0. The molecule has 1 unspecified atom stereocenters. The third-order valence-corrected chi connectivity index (χ3v) is 7.19. The van der Waals surface area contributed by atoms with Gasteiger partial charge in [0.05, 0.1) is 11.3 Å². The summed E-state index contributed by atoms with van der Waals surface area (Å²) >= 11 is 0. The number of carbonyl (C=O) groups excluding carboxylic acids is 2. The second kappa shape index (κ2) is 16.0. The number of aldehydes is 1. The van der Waals surface area contributed by atoms with Gasteiger partial charge in [-0.05, 0) is 61.8 Å². The van der Waals surface area contributed by atoms with Gasteiger partial charge in [-0.1, -0.05) is 24.3 Å². The predicted octanol–water partition coefficient (Wildman–Crippen LogP) is 3.74. The Hall–Kier alpha value is -4.03. The van der Waals surface area contributed by atoms with Gasteiger partial charge in [-0.2, -0.15) is 18.3 Å². The summed E-state index contributed by atoms with van der Waals surface area (Å²) in [5.41, 5.74) is 0.932. The fourth-order valence-electron chi connectivity index (χ4n) is 5.16. The van der Waals surface area contributed by atoms with Crippen LogP contribution in [0.2, 0.25) is 0 Å². The summed E-state index contributed by atoms with van der Waals surface area (Å²) in [5, 5.41) is 6.66. The lowest BCUT2D eigenvalue weighted by molar-refractivity contribution is -0.138. The van der Waals surface area contributed by atoms with Crippen molar-refractivity contribution in [1.82, 2.24) is 15.1 Å². The zero-order valence-electron chi connectivity index (χ0n) is 24.8. The molecule has 3 rings (SSSR count). The van der Waals surface area contributed by atoms with Gasteiger partial charge in [0, 0.05) is 76.4 Å². The number of hydrazone groups is 1. The van der Waals surface area contributed by atoms with Gasteiger partial charge in [-0.3, -0.25) is 24.4 Å². The number of piperidine rings is 1. The second-order valence-electron chi connectivity index (χ2n) is 10.7. The highest BCUT2D eigenvalue weighted by Gasteiger charge is 2.35. The van der Waals surface area contributed by atoms with Gasteiger partial charge in [0.15, 0.2) is 0 Å². The molecular weight excluding hydrogens is 559 g/mol. The fraction of sp³-hybridized carbons (Fsp3) is 0.419. The van der Waals surface area contributed by atoms with Crippen molar-refractivity contribution in [2.24, 2.45) is 15.9 Å². The van der Waals surface area contributed by atoms with E-state index in [1.54, 1.807) is 49.5 Å². The van der Waals surface area contributed by atoms with Crippen LogP contribution in [0.1, 0.15) is 39.9 Å². The molecule has 0 aliphatic carbocycles. The Bertz CT molecular complexity index is 1310. The summed E-state index contributed by atoms with van der Waals surface area (Å²) in [6, 6.07) is 11.6. The number of aliphatic imine (C=N–C) groups is 1. The molecule has 0 saturated carbocycles. The second-order valence-corrected chi connectivity index (χ2v) is 10.7. The molecule has 0 radical (unpaired) electrons. The highest BCUT2D eigenvalue weighted by atomic mass is 19.4. The Balaban J connectivity index is 1.65. The van der Waals surface area contributed by atoms with E-state index in [4.69, 9.17) is 5.84 Å². The van der Waals surface area contributed by atoms with Crippen LogP contribution in [-0.2, 0) is 24.1 Å². The minimum atomic E-state index is -4.62. The summed E-state index contributed by atoms with van der Waals surface area (Å²) in [6.07, 6.45) is 2.21. The van der Waals surface area contributed by atoms with Crippen LogP contribution < -0.4 is 16.1 Å². The Morgan fingerprint density at radius 1 is 1.21 bits per heavy atom. The minimum absolute atomic E-state index is 0.0245. The quantitative estimate of drug-likeness (QED) is 0.120. The van der Waals surface area contributed by atoms with Crippen LogP contribution in [0.4, 0.5) is 18.9 Å². The van der Waals surface area contributed by atoms with Crippen LogP contribution in [0.3, 0.4) is 0 Å². The third-order valence-electron chi connectivity index (χ3n) is 7.19. The first-order chi connectivity index (χ1) is 20.5. The molecule has 9 nitrogen and oxygen atoms in total. The Morgan fingerprint density at radius 2 is 1.95 bits per heavy atom. The van der Waals surface area contributed by atoms with Gasteiger partial charge in [0.1, 0.15) is 6.29 Å². The van der Waals surface area contributed by atoms with Gasteiger partial charge in [0.25, 0.3) is 0 Å². The topological polar surface area (TPSA) is 107 Å². The summed E-state index contributed by atoms with van der Waals surface area (Å²) < 4.78 is 42.7. The number of anilines is 1. The molecule has 0 aromatic heterocycles. The Labute approximate surface area is 250 Å². The van der Waals surface area contributed by atoms with Crippen molar-refractivity contribution < 1.29 is 22.8 Å². The first-order valence-corrected chi connectivity index (χ1v) is 14.0. The van der Waals surface area contributed by atoms with Gasteiger partial charge in [0.2, 0.25) is 5.91 Å². The van der Waals surface area contributed by atoms with Crippen molar-refractivity contribution in [3.8, 4) is 0 Å². The number of likely N-dealkylation sites (N-methyl/N-ethyl adjacent to an activating group) is 1. The number of amides is 1. The Kier molecular flexibility index (Phi) is 12.4. The predicted molar refractivity (Wildman–Crippen MR) is 164 cm³/mol. The van der Waals surface area contributed by atoms with E-state index in [0.717, 1.165) is 24.6 Å². The maximum atomic E-state index is 14.2. The number of carbonyl (C=O) groups is 2. The summed E-state index contributed by atoms with van der Waals surface area (Å²) in [5.74, 6) is 5.11. The minimum Gasteiger partial charge on any atom is -0.370 e. The number of hydrogen-bond donors (Lipinski definition) is 2. The fourth-order valence-corrected chi connectivity index (χ4v) is 5.16. The first kappa shape index (κ1) is 33.5. The molecule has 1 aliphatic rings. The van der Waals surface area contributed by atoms with Crippen LogP contribution in [0.25, 0.3) is 0 Å². The molecule has 2 aromatic carbocycles. The standard InChI is InChI=1S/C31H40F3N7O2/c1-36-17-26(38-35)19-39(2)13-8-12-30(43)37-25-9-7-14-41(20-25)18-23-15-24(22-42)28(29(16-23)31(32,33)34)21-40(3)27-10-5-4-6-11-27/h4-6,8,10-12,15-17,22,25H,7,9,13-14,18-21,35H2,1-3H3,(H,37,43)/b12-8+,36-17?,38-26+. The maximum Gasteiger partial charge on any atom is 0.416 e. The number of halogens is 3. The number of likely N-dealkylation sites (tertiary alicyclic amines) is 1. The van der Waals surface area contributed by atoms with E-state index in [0.29, 0.717) is 43.7 Å². The van der Waals surface area contributed by atoms with E-state index >= 15 is 0 Å². The molecule has 232 valence electrons. The molecule has 1 amide bonds. The van der Waals surface area contributed by atoms with E-state index < -0.39 is 11.7 Å². The summed E-state index contributed by atoms with van der Waals surface area (Å²) in [6.45, 7) is 2.31. The summed E-state index contributed by atoms with van der Waals surface area (Å²) in [4.78, 5) is 34.1. The molecule has 1 heterocycles. The van der Waals surface area contributed by atoms with Gasteiger partial charge >= 0.3 is 6.18 Å². The lowest BCUT2D eigenvalue weighted by atomic mass is 9.96. The Morgan fingerprint density at radius 3 is 2.60 bits per heavy atom. The number of hydrogen-bond acceptors (Lipinski definition) is 8. The largest absolute Gasteiger partial charge is 0.416 e. The molecule has 1 saturated heterocycles. The number of nitrogens with zero attached hydrogens (tertiary/aromatic N) is 5. The molecule has 12 heteroatoms. The van der Waals surface area contributed by atoms with Crippen molar-refractivity contribution in [2.45, 2.75) is 38.1 Å². The van der Waals surface area contributed by atoms with Crippen LogP contribution >= 0.6 is 0 Å². The SMILES string of the molecule is CN=C/C(CN(C)C/C=C/C(=O)NC1CCCN(Cc2cc(C=O)c(CN(C)c3ccccc3)c(C(F)(F)F)c2)C1)=N\N. The van der Waals surface area contributed by atoms with Crippen molar-refractivity contribution in [3.63, 3.8) is 0 Å². The molecule has 3 N–H and O–H groups in total. The van der Waals surface area contributed by atoms with E-state index in [1.807, 2.05) is 35.0 Å². The van der Waals surface area contributed by atoms with Crippen molar-refractivity contribution >= 4 is 29.8 Å². The zero-order valence-corrected chi connectivity index (χ0v) is 24.8. The van der Waals surface area contributed by atoms with Crippen LogP contribution in [0.5, 0.6) is 0 Å². The average molecular weight is 600 g/mol. The smallest absolute Gasteiger partial charge is 0.370 e. The molecule has 0 spiro atoms. The lowest BCUT2D eigenvalue weighted by Gasteiger charge is -2.33. The number of nitrogens with one attached hydrogen (secondary N) is 1. The highest BCUT2D eigenvalue weighted by Crippen LogP contribution is 2.35. The van der Waals surface area contributed by atoms with Crippen LogP contribution in [-0.4, -0.2) is 87.3 Å². The van der Waals surface area contributed by atoms with E-state index in [-0.39, 0.29) is 36.2 Å². The number of benzene rings is 2. The van der Waals surface area contributed by atoms with Gasteiger partial charge in [-0.25, -0.2) is 0 Å². The van der Waals surface area contributed by atoms with Crippen molar-refractivity contribution in [2.75, 3.05) is 52.2 Å². The number of para-hydroxylation sites is 1. The molecular formula is C31H40F3N7O2. The molecule has 1 aliphatic heterocycles. The van der Waals surface area contributed by atoms with Crippen LogP contribution in [0.15, 0.2) is 64.7 Å². The molecule has 0 bridgehead atoms. The third kappa shape index (κ3) is 10.3. The van der Waals surface area contributed by atoms with Gasteiger partial charge in [-0.15, -0.1) is 0 Å². The molecule has 43 heavy (non-hydrogen) atoms. The maximum absolute atomic E-state index is 14.2. The molecule has 1 fully saturated rings. The molecule has 2 aromatic rings. The highest BCUT2D eigenvalue weighted by molar-refractivity contribution is 6.31. The monoisotopic (exact) mass is 599 g/mol.